The van der Waals surface area contributed by atoms with Crippen LogP contribution in [0.5, 0.6) is 11.5 Å². The van der Waals surface area contributed by atoms with E-state index in [0.717, 1.165) is 11.1 Å². The molecule has 0 amide bonds. The number of nitrogens with one attached hydrogen (secondary N) is 1. The minimum atomic E-state index is -3.75. The highest BCUT2D eigenvalue weighted by Crippen LogP contribution is 2.39. The van der Waals surface area contributed by atoms with Crippen LogP contribution in [0.2, 0.25) is 0 Å². The molecule has 2 saturated heterocycles. The third-order valence-electron chi connectivity index (χ3n) is 9.33. The SMILES string of the molecule is COc1ccc(S(=O)(=O)N2CCC3(CC2)CC(NCC(O)COc2cccc(S(=O)(=O)C4CC4)c2)CO3)cc1-c1ccc(CN)cc1. The van der Waals surface area contributed by atoms with Gasteiger partial charge < -0.3 is 30.4 Å². The summed E-state index contributed by atoms with van der Waals surface area (Å²) in [5.41, 5.74) is 7.84. The topological polar surface area (TPSA) is 157 Å². The van der Waals surface area contributed by atoms with Crippen LogP contribution in [0.25, 0.3) is 11.1 Å². The Labute approximate surface area is 277 Å². The first-order valence-electron chi connectivity index (χ1n) is 16.0. The number of methoxy groups -OCH3 is 1. The van der Waals surface area contributed by atoms with Crippen molar-refractivity contribution in [1.29, 1.82) is 0 Å². The number of sulfonamides is 1. The van der Waals surface area contributed by atoms with Crippen LogP contribution in [0.3, 0.4) is 0 Å². The molecule has 13 heteroatoms. The lowest BCUT2D eigenvalue weighted by Gasteiger charge is -2.38. The van der Waals surface area contributed by atoms with Gasteiger partial charge in [-0.3, -0.25) is 0 Å². The first-order chi connectivity index (χ1) is 22.5. The number of hydrogen-bond donors (Lipinski definition) is 3. The van der Waals surface area contributed by atoms with Crippen LogP contribution < -0.4 is 20.5 Å². The van der Waals surface area contributed by atoms with Crippen molar-refractivity contribution >= 4 is 19.9 Å². The predicted octanol–water partition coefficient (Wildman–Crippen LogP) is 3.10. The van der Waals surface area contributed by atoms with Crippen LogP contribution in [0.1, 0.15) is 37.7 Å². The van der Waals surface area contributed by atoms with E-state index in [0.29, 0.717) is 75.4 Å². The van der Waals surface area contributed by atoms with Crippen molar-refractivity contribution in [2.45, 2.75) is 71.4 Å². The lowest BCUT2D eigenvalue weighted by Crippen LogP contribution is -2.47. The highest BCUT2D eigenvalue weighted by atomic mass is 32.2. The van der Waals surface area contributed by atoms with Gasteiger partial charge in [0.1, 0.15) is 24.2 Å². The van der Waals surface area contributed by atoms with E-state index in [4.69, 9.17) is 19.9 Å². The number of piperidine rings is 1. The first-order valence-corrected chi connectivity index (χ1v) is 19.0. The Hall–Kier alpha value is -3.04. The van der Waals surface area contributed by atoms with Crippen molar-refractivity contribution in [3.05, 3.63) is 72.3 Å². The molecule has 2 aliphatic heterocycles. The Kier molecular flexibility index (Phi) is 9.96. The number of hydrogen-bond acceptors (Lipinski definition) is 10. The van der Waals surface area contributed by atoms with Crippen LogP contribution in [0.15, 0.2) is 76.5 Å². The summed E-state index contributed by atoms with van der Waals surface area (Å²) in [7, 11) is -5.50. The van der Waals surface area contributed by atoms with E-state index in [1.807, 2.05) is 24.3 Å². The highest BCUT2D eigenvalue weighted by Gasteiger charge is 2.45. The van der Waals surface area contributed by atoms with Gasteiger partial charge in [0.2, 0.25) is 10.0 Å². The van der Waals surface area contributed by atoms with E-state index >= 15 is 0 Å². The van der Waals surface area contributed by atoms with Crippen LogP contribution in [-0.4, -0.2) is 89.2 Å². The molecule has 2 atom stereocenters. The van der Waals surface area contributed by atoms with Crippen LogP contribution in [-0.2, 0) is 31.1 Å². The van der Waals surface area contributed by atoms with Crippen LogP contribution in [0, 0.1) is 0 Å². The molecular weight excluding hydrogens is 643 g/mol. The zero-order valence-electron chi connectivity index (χ0n) is 26.5. The zero-order valence-corrected chi connectivity index (χ0v) is 28.1. The second-order valence-electron chi connectivity index (χ2n) is 12.7. The monoisotopic (exact) mass is 685 g/mol. The number of aliphatic hydroxyl groups excluding tert-OH is 1. The number of sulfone groups is 1. The molecule has 1 saturated carbocycles. The molecule has 1 spiro atoms. The maximum atomic E-state index is 13.7. The number of benzene rings is 3. The summed E-state index contributed by atoms with van der Waals surface area (Å²) in [4.78, 5) is 0.464. The molecule has 3 aliphatic rings. The molecule has 0 bridgehead atoms. The molecule has 0 aromatic heterocycles. The molecule has 2 heterocycles. The number of rotatable bonds is 13. The fourth-order valence-electron chi connectivity index (χ4n) is 6.37. The molecule has 6 rings (SSSR count). The Morgan fingerprint density at radius 2 is 1.77 bits per heavy atom. The second-order valence-corrected chi connectivity index (χ2v) is 16.8. The Balaban J connectivity index is 0.999. The van der Waals surface area contributed by atoms with Gasteiger partial charge in [0.15, 0.2) is 9.84 Å². The van der Waals surface area contributed by atoms with Crippen molar-refractivity contribution in [1.82, 2.24) is 9.62 Å². The van der Waals surface area contributed by atoms with E-state index in [9.17, 15) is 21.9 Å². The van der Waals surface area contributed by atoms with Crippen LogP contribution in [0.4, 0.5) is 0 Å². The Morgan fingerprint density at radius 3 is 2.45 bits per heavy atom. The average molecular weight is 686 g/mol. The summed E-state index contributed by atoms with van der Waals surface area (Å²) >= 11 is 0. The quantitative estimate of drug-likeness (QED) is 0.244. The first kappa shape index (κ1) is 33.8. The van der Waals surface area contributed by atoms with Crippen molar-refractivity contribution in [3.8, 4) is 22.6 Å². The third kappa shape index (κ3) is 7.51. The molecule has 3 fully saturated rings. The maximum Gasteiger partial charge on any atom is 0.243 e. The highest BCUT2D eigenvalue weighted by molar-refractivity contribution is 7.92. The summed E-state index contributed by atoms with van der Waals surface area (Å²) in [6, 6.07) is 19.1. The van der Waals surface area contributed by atoms with Gasteiger partial charge in [-0.2, -0.15) is 4.31 Å². The van der Waals surface area contributed by atoms with Crippen LogP contribution >= 0.6 is 0 Å². The smallest absolute Gasteiger partial charge is 0.243 e. The lowest BCUT2D eigenvalue weighted by atomic mass is 9.88. The molecule has 1 aliphatic carbocycles. The Bertz CT molecular complexity index is 1770. The van der Waals surface area contributed by atoms with Gasteiger partial charge in [-0.25, -0.2) is 16.8 Å². The van der Waals surface area contributed by atoms with Gasteiger partial charge in [-0.05, 0) is 79.6 Å². The van der Waals surface area contributed by atoms with Crippen molar-refractivity contribution in [2.75, 3.05) is 40.0 Å². The summed E-state index contributed by atoms with van der Waals surface area (Å²) in [5, 5.41) is 13.6. The normalized spacial score (nSPS) is 20.7. The molecule has 3 aromatic rings. The fourth-order valence-corrected chi connectivity index (χ4v) is 9.52. The fraction of sp³-hybridized carbons (Fsp3) is 0.471. The Morgan fingerprint density at radius 1 is 1.02 bits per heavy atom. The standard InChI is InChI=1S/C34H43N3O8S2/c1-43-33-12-11-31(18-32(33)25-7-5-24(20-35)6-8-25)47(41,42)37-15-13-34(14-16-37)19-26(22-45-34)36-21-27(38)23-44-28-3-2-4-30(17-28)46(39,40)29-9-10-29/h2-8,11-12,17-18,26-27,29,36,38H,9-10,13-16,19-23,35H2,1H3. The lowest BCUT2D eigenvalue weighted by molar-refractivity contribution is -0.0312. The van der Waals surface area contributed by atoms with Gasteiger partial charge in [0.05, 0.1) is 34.4 Å². The van der Waals surface area contributed by atoms with E-state index < -0.39 is 31.6 Å². The number of ether oxygens (including phenoxy) is 3. The van der Waals surface area contributed by atoms with Gasteiger partial charge in [0, 0.05) is 37.8 Å². The summed E-state index contributed by atoms with van der Waals surface area (Å²) < 4.78 is 71.5. The van der Waals surface area contributed by atoms with E-state index in [1.54, 1.807) is 43.5 Å². The minimum absolute atomic E-state index is 0.00891. The predicted molar refractivity (Wildman–Crippen MR) is 178 cm³/mol. The molecule has 11 nitrogen and oxygen atoms in total. The molecule has 47 heavy (non-hydrogen) atoms. The second kappa shape index (κ2) is 13.8. The summed E-state index contributed by atoms with van der Waals surface area (Å²) in [6.07, 6.45) is 2.42. The van der Waals surface area contributed by atoms with Crippen molar-refractivity contribution in [2.24, 2.45) is 5.73 Å². The summed E-state index contributed by atoms with van der Waals surface area (Å²) in [6.45, 7) is 1.86. The van der Waals surface area contributed by atoms with Crippen molar-refractivity contribution < 1.29 is 36.2 Å². The number of aliphatic hydroxyl groups is 1. The zero-order chi connectivity index (χ0) is 33.2. The van der Waals surface area contributed by atoms with Gasteiger partial charge >= 0.3 is 0 Å². The average Bonchev–Trinajstić information content (AvgIpc) is 3.89. The van der Waals surface area contributed by atoms with Gasteiger partial charge in [-0.1, -0.05) is 30.3 Å². The molecule has 254 valence electrons. The molecular formula is C34H43N3O8S2. The largest absolute Gasteiger partial charge is 0.496 e. The molecule has 3 aromatic carbocycles. The van der Waals surface area contributed by atoms with Crippen molar-refractivity contribution in [3.63, 3.8) is 0 Å². The van der Waals surface area contributed by atoms with E-state index in [1.165, 1.54) is 10.4 Å². The molecule has 0 radical (unpaired) electrons. The molecule has 2 unspecified atom stereocenters. The van der Waals surface area contributed by atoms with Gasteiger partial charge in [0.25, 0.3) is 0 Å². The van der Waals surface area contributed by atoms with Gasteiger partial charge in [-0.15, -0.1) is 0 Å². The number of nitrogens with two attached hydrogens (primary N) is 1. The maximum absolute atomic E-state index is 13.7. The summed E-state index contributed by atoms with van der Waals surface area (Å²) in [5.74, 6) is 0.993. The van der Waals surface area contributed by atoms with E-state index in [-0.39, 0.29) is 34.2 Å². The molecule has 4 N–H and O–H groups in total. The van der Waals surface area contributed by atoms with E-state index in [2.05, 4.69) is 5.32 Å². The third-order valence-corrected chi connectivity index (χ3v) is 13.5. The minimum Gasteiger partial charge on any atom is -0.496 e. The number of nitrogens with zero attached hydrogens (tertiary/aromatic N) is 1.